The second kappa shape index (κ2) is 10.0. The smallest absolute Gasteiger partial charge is 0.253 e. The molecule has 1 aliphatic rings. The molecule has 5 aromatic rings. The number of fused-ring (bicyclic) bond motifs is 2. The van der Waals surface area contributed by atoms with Crippen LogP contribution in [-0.4, -0.2) is 69.1 Å². The minimum absolute atomic E-state index is 0.00301. The van der Waals surface area contributed by atoms with Gasteiger partial charge in [-0.15, -0.1) is 0 Å². The summed E-state index contributed by atoms with van der Waals surface area (Å²) in [5, 5.41) is 4.15. The van der Waals surface area contributed by atoms with Gasteiger partial charge in [-0.2, -0.15) is 9.97 Å². The number of rotatable bonds is 6. The monoisotopic (exact) mass is 525 g/mol. The molecule has 10 nitrogen and oxygen atoms in total. The Kier molecular flexibility index (Phi) is 6.40. The number of ether oxygens (including phenoxy) is 2. The minimum atomic E-state index is -0.0446. The molecule has 0 atom stereocenters. The zero-order valence-electron chi connectivity index (χ0n) is 22.5. The second-order valence-electron chi connectivity index (χ2n) is 10.1. The average molecular weight is 526 g/mol. The highest BCUT2D eigenvalue weighted by atomic mass is 16.5. The molecule has 3 N–H and O–H groups in total. The number of benzene rings is 2. The van der Waals surface area contributed by atoms with E-state index in [1.165, 1.54) is 0 Å². The number of imidazole rings is 1. The maximum absolute atomic E-state index is 12.4. The van der Waals surface area contributed by atoms with Crippen molar-refractivity contribution in [3.8, 4) is 17.0 Å². The second-order valence-corrected chi connectivity index (χ2v) is 10.1. The van der Waals surface area contributed by atoms with Crippen LogP contribution < -0.4 is 10.1 Å². The number of hydrogen-bond acceptors (Lipinski definition) is 7. The molecule has 10 heteroatoms. The van der Waals surface area contributed by atoms with E-state index in [0.717, 1.165) is 57.5 Å². The van der Waals surface area contributed by atoms with Crippen LogP contribution in [0.15, 0.2) is 42.6 Å². The lowest BCUT2D eigenvalue weighted by Crippen LogP contribution is -2.26. The first kappa shape index (κ1) is 24.9. The van der Waals surface area contributed by atoms with Gasteiger partial charge in [0.2, 0.25) is 11.8 Å². The van der Waals surface area contributed by atoms with Crippen molar-refractivity contribution >= 4 is 39.6 Å². The van der Waals surface area contributed by atoms with Gasteiger partial charge in [-0.05, 0) is 55.3 Å². The highest BCUT2D eigenvalue weighted by Crippen LogP contribution is 2.37. The molecule has 200 valence electrons. The van der Waals surface area contributed by atoms with Crippen LogP contribution in [0, 0.1) is 13.8 Å². The molecule has 1 fully saturated rings. The van der Waals surface area contributed by atoms with Crippen LogP contribution in [0.2, 0.25) is 0 Å². The number of aryl methyl sites for hydroxylation is 2. The van der Waals surface area contributed by atoms with Gasteiger partial charge in [-0.3, -0.25) is 4.79 Å². The number of H-pyrrole nitrogens is 2. The van der Waals surface area contributed by atoms with E-state index in [9.17, 15) is 4.79 Å². The van der Waals surface area contributed by atoms with Crippen molar-refractivity contribution in [1.29, 1.82) is 0 Å². The molecule has 0 unspecified atom stereocenters. The zero-order chi connectivity index (χ0) is 27.1. The van der Waals surface area contributed by atoms with Crippen LogP contribution in [0.25, 0.3) is 33.2 Å². The van der Waals surface area contributed by atoms with E-state index in [4.69, 9.17) is 19.4 Å². The summed E-state index contributed by atoms with van der Waals surface area (Å²) < 4.78 is 12.0. The normalized spacial score (nSPS) is 14.2. The molecule has 0 spiro atoms. The van der Waals surface area contributed by atoms with Crippen LogP contribution >= 0.6 is 0 Å². The summed E-state index contributed by atoms with van der Waals surface area (Å²) in [5.41, 5.74) is 6.88. The van der Waals surface area contributed by atoms with Crippen molar-refractivity contribution in [2.45, 2.75) is 32.8 Å². The molecule has 4 heterocycles. The van der Waals surface area contributed by atoms with E-state index >= 15 is 0 Å². The fourth-order valence-corrected chi connectivity index (χ4v) is 4.94. The molecule has 6 rings (SSSR count). The lowest BCUT2D eigenvalue weighted by Gasteiger charge is -2.23. The molecule has 3 aromatic heterocycles. The number of carbonyl (C=O) groups excluding carboxylic acids is 1. The van der Waals surface area contributed by atoms with Crippen molar-refractivity contribution in [2.24, 2.45) is 0 Å². The Morgan fingerprint density at radius 2 is 1.90 bits per heavy atom. The number of anilines is 2. The van der Waals surface area contributed by atoms with Gasteiger partial charge >= 0.3 is 0 Å². The van der Waals surface area contributed by atoms with Crippen LogP contribution in [0.5, 0.6) is 5.88 Å². The average Bonchev–Trinajstić information content (AvgIpc) is 3.52. The van der Waals surface area contributed by atoms with Gasteiger partial charge in [0.05, 0.1) is 29.6 Å². The summed E-state index contributed by atoms with van der Waals surface area (Å²) in [6, 6.07) is 11.7. The first-order valence-electron chi connectivity index (χ1n) is 13.1. The Morgan fingerprint density at radius 1 is 1.08 bits per heavy atom. The molecular weight excluding hydrogens is 494 g/mol. The first-order valence-corrected chi connectivity index (χ1v) is 13.1. The van der Waals surface area contributed by atoms with E-state index in [1.54, 1.807) is 25.1 Å². The van der Waals surface area contributed by atoms with E-state index in [0.29, 0.717) is 36.3 Å². The molecule has 1 amide bonds. The highest BCUT2D eigenvalue weighted by molar-refractivity contribution is 5.99. The van der Waals surface area contributed by atoms with Gasteiger partial charge in [0.25, 0.3) is 5.91 Å². The standard InChI is InChI=1S/C29H31N7O3/c1-16-13-19(28(37)36(3)4)6-7-22(16)33-29-34-26-25(27(35-29)39-20-9-11-38-12-10-20)21(15-30-26)18-5-8-23-24(14-18)32-17(2)31-23/h5-8,13-15,20H,9-12H2,1-4H3,(H,31,32)(H2,30,33,34,35). The summed E-state index contributed by atoms with van der Waals surface area (Å²) in [5.74, 6) is 1.76. The molecule has 0 aliphatic carbocycles. The SMILES string of the molecule is Cc1nc2ccc(-c3c[nH]c4nc(Nc5ccc(C(=O)N(C)C)cc5C)nc(OC5CCOCC5)c34)cc2[nH]1. The van der Waals surface area contributed by atoms with Crippen molar-refractivity contribution in [2.75, 3.05) is 32.6 Å². The Labute approximate surface area is 225 Å². The number of nitrogens with zero attached hydrogens (tertiary/aromatic N) is 4. The van der Waals surface area contributed by atoms with Crippen molar-refractivity contribution in [1.82, 2.24) is 29.8 Å². The Balaban J connectivity index is 1.40. The summed E-state index contributed by atoms with van der Waals surface area (Å²) in [6.45, 7) is 5.23. The Bertz CT molecular complexity index is 1680. The predicted molar refractivity (Wildman–Crippen MR) is 151 cm³/mol. The first-order chi connectivity index (χ1) is 18.9. The van der Waals surface area contributed by atoms with Gasteiger partial charge < -0.3 is 29.7 Å². The zero-order valence-corrected chi connectivity index (χ0v) is 22.5. The van der Waals surface area contributed by atoms with E-state index in [2.05, 4.69) is 32.4 Å². The lowest BCUT2D eigenvalue weighted by atomic mass is 10.1. The summed E-state index contributed by atoms with van der Waals surface area (Å²) in [6.07, 6.45) is 3.54. The van der Waals surface area contributed by atoms with Gasteiger partial charge in [-0.1, -0.05) is 6.07 Å². The Morgan fingerprint density at radius 3 is 2.67 bits per heavy atom. The van der Waals surface area contributed by atoms with E-state index in [-0.39, 0.29) is 12.0 Å². The Hall–Kier alpha value is -4.44. The fourth-order valence-electron chi connectivity index (χ4n) is 4.94. The number of nitrogens with one attached hydrogen (secondary N) is 3. The number of aromatic amines is 2. The predicted octanol–water partition coefficient (Wildman–Crippen LogP) is 5.12. The van der Waals surface area contributed by atoms with Gasteiger partial charge in [0.15, 0.2) is 0 Å². The van der Waals surface area contributed by atoms with Gasteiger partial charge in [0.1, 0.15) is 17.6 Å². The number of carbonyl (C=O) groups is 1. The van der Waals surface area contributed by atoms with Gasteiger partial charge in [0, 0.05) is 49.9 Å². The van der Waals surface area contributed by atoms with E-state index < -0.39 is 0 Å². The van der Waals surface area contributed by atoms with Crippen LogP contribution in [-0.2, 0) is 4.74 Å². The van der Waals surface area contributed by atoms with Crippen LogP contribution in [0.1, 0.15) is 34.6 Å². The van der Waals surface area contributed by atoms with Crippen LogP contribution in [0.3, 0.4) is 0 Å². The summed E-state index contributed by atoms with van der Waals surface area (Å²) in [4.78, 5) is 34.7. The molecule has 1 aliphatic heterocycles. The number of amides is 1. The van der Waals surface area contributed by atoms with Gasteiger partial charge in [-0.25, -0.2) is 4.98 Å². The molecule has 0 radical (unpaired) electrons. The van der Waals surface area contributed by atoms with Crippen LogP contribution in [0.4, 0.5) is 11.6 Å². The molecule has 0 saturated carbocycles. The molecular formula is C29H31N7O3. The maximum Gasteiger partial charge on any atom is 0.253 e. The molecule has 0 bridgehead atoms. The minimum Gasteiger partial charge on any atom is -0.474 e. The number of aromatic nitrogens is 5. The largest absolute Gasteiger partial charge is 0.474 e. The summed E-state index contributed by atoms with van der Waals surface area (Å²) >= 11 is 0. The number of hydrogen-bond donors (Lipinski definition) is 3. The third-order valence-corrected chi connectivity index (χ3v) is 6.98. The topological polar surface area (TPSA) is 121 Å². The maximum atomic E-state index is 12.4. The molecule has 2 aromatic carbocycles. The van der Waals surface area contributed by atoms with Crippen molar-refractivity contribution in [3.63, 3.8) is 0 Å². The highest BCUT2D eigenvalue weighted by Gasteiger charge is 2.22. The summed E-state index contributed by atoms with van der Waals surface area (Å²) in [7, 11) is 3.48. The molecule has 1 saturated heterocycles. The third kappa shape index (κ3) is 4.90. The molecule has 39 heavy (non-hydrogen) atoms. The fraction of sp³-hybridized carbons (Fsp3) is 0.310. The van der Waals surface area contributed by atoms with Crippen molar-refractivity contribution < 1.29 is 14.3 Å². The lowest BCUT2D eigenvalue weighted by molar-refractivity contribution is 0.0244. The quantitative estimate of drug-likeness (QED) is 0.281. The van der Waals surface area contributed by atoms with E-state index in [1.807, 2.05) is 38.2 Å². The van der Waals surface area contributed by atoms with Crippen molar-refractivity contribution in [3.05, 3.63) is 59.5 Å². The third-order valence-electron chi connectivity index (χ3n) is 6.98.